The Morgan fingerprint density at radius 1 is 0.778 bits per heavy atom. The molecule has 0 fully saturated rings. The molecule has 0 saturated carbocycles. The Bertz CT molecular complexity index is 796. The van der Waals surface area contributed by atoms with E-state index < -0.39 is 0 Å². The first-order valence-corrected chi connectivity index (χ1v) is 8.92. The van der Waals surface area contributed by atoms with E-state index in [1.54, 1.807) is 48.5 Å². The van der Waals surface area contributed by atoms with Crippen LogP contribution >= 0.6 is 0 Å². The third-order valence-corrected chi connectivity index (χ3v) is 3.88. The molecule has 0 spiro atoms. The molecule has 142 valence electrons. The summed E-state index contributed by atoms with van der Waals surface area (Å²) in [6, 6.07) is 13.4. The third kappa shape index (κ3) is 6.58. The van der Waals surface area contributed by atoms with Crippen LogP contribution in [0.5, 0.6) is 0 Å². The molecule has 0 saturated heterocycles. The van der Waals surface area contributed by atoms with Crippen LogP contribution in [-0.4, -0.2) is 24.3 Å². The number of carbonyl (C=O) groups excluding carboxylic acids is 3. The largest absolute Gasteiger partial charge is 0.352 e. The van der Waals surface area contributed by atoms with Gasteiger partial charge in [-0.3, -0.25) is 14.4 Å². The van der Waals surface area contributed by atoms with Gasteiger partial charge in [-0.05, 0) is 60.9 Å². The number of carbonyl (C=O) groups is 3. The second kappa shape index (κ2) is 9.52. The molecule has 3 amide bonds. The molecule has 0 aliphatic heterocycles. The molecule has 6 heteroatoms. The molecule has 3 N–H and O–H groups in total. The maximum absolute atomic E-state index is 12.3. The van der Waals surface area contributed by atoms with E-state index in [9.17, 15) is 14.4 Å². The number of nitrogens with one attached hydrogen (secondary N) is 3. The summed E-state index contributed by atoms with van der Waals surface area (Å²) in [7, 11) is 0. The first kappa shape index (κ1) is 20.2. The molecule has 0 aliphatic rings. The van der Waals surface area contributed by atoms with Crippen LogP contribution in [0.2, 0.25) is 0 Å². The fraction of sp³-hybridized carbons (Fsp3) is 0.286. The van der Waals surface area contributed by atoms with Crippen LogP contribution in [0.4, 0.5) is 11.4 Å². The highest BCUT2D eigenvalue weighted by molar-refractivity contribution is 6.05. The highest BCUT2D eigenvalue weighted by Crippen LogP contribution is 2.15. The van der Waals surface area contributed by atoms with Gasteiger partial charge in [0.05, 0.1) is 0 Å². The quantitative estimate of drug-likeness (QED) is 0.698. The van der Waals surface area contributed by atoms with Gasteiger partial charge in [-0.1, -0.05) is 13.8 Å². The molecule has 0 atom stereocenters. The molecule has 27 heavy (non-hydrogen) atoms. The maximum Gasteiger partial charge on any atom is 0.255 e. The van der Waals surface area contributed by atoms with E-state index in [4.69, 9.17) is 0 Å². The van der Waals surface area contributed by atoms with Crippen LogP contribution in [0.3, 0.4) is 0 Å². The monoisotopic (exact) mass is 367 g/mol. The van der Waals surface area contributed by atoms with E-state index in [0.29, 0.717) is 35.0 Å². The minimum Gasteiger partial charge on any atom is -0.352 e. The van der Waals surface area contributed by atoms with Gasteiger partial charge in [0.1, 0.15) is 0 Å². The van der Waals surface area contributed by atoms with Crippen LogP contribution in [0, 0.1) is 5.92 Å². The van der Waals surface area contributed by atoms with Crippen molar-refractivity contribution in [1.29, 1.82) is 0 Å². The lowest BCUT2D eigenvalue weighted by atomic mass is 10.1. The van der Waals surface area contributed by atoms with Crippen LogP contribution in [0.15, 0.2) is 48.5 Å². The minimum atomic E-state index is -0.269. The molecule has 0 unspecified atom stereocenters. The zero-order chi connectivity index (χ0) is 19.8. The molecule has 2 aromatic rings. The summed E-state index contributed by atoms with van der Waals surface area (Å²) >= 11 is 0. The molecule has 0 bridgehead atoms. The molecule has 6 nitrogen and oxygen atoms in total. The lowest BCUT2D eigenvalue weighted by molar-refractivity contribution is -0.114. The van der Waals surface area contributed by atoms with Crippen molar-refractivity contribution in [1.82, 2.24) is 5.32 Å². The molecule has 2 aromatic carbocycles. The minimum absolute atomic E-state index is 0.142. The van der Waals surface area contributed by atoms with Crippen molar-refractivity contribution in [3.8, 4) is 0 Å². The van der Waals surface area contributed by atoms with Gasteiger partial charge >= 0.3 is 0 Å². The van der Waals surface area contributed by atoms with Crippen molar-refractivity contribution in [2.75, 3.05) is 17.2 Å². The summed E-state index contributed by atoms with van der Waals surface area (Å²) in [6.07, 6.45) is 0.924. The van der Waals surface area contributed by atoms with Crippen molar-refractivity contribution in [2.24, 2.45) is 5.92 Å². The Hall–Kier alpha value is -3.15. The van der Waals surface area contributed by atoms with Crippen molar-refractivity contribution in [3.05, 3.63) is 59.7 Å². The summed E-state index contributed by atoms with van der Waals surface area (Å²) in [5.41, 5.74) is 2.26. The van der Waals surface area contributed by atoms with E-state index in [1.165, 1.54) is 6.92 Å². The number of amides is 3. The average molecular weight is 367 g/mol. The second-order valence-corrected chi connectivity index (χ2v) is 6.73. The van der Waals surface area contributed by atoms with Gasteiger partial charge in [0, 0.05) is 36.0 Å². The smallest absolute Gasteiger partial charge is 0.255 e. The Kier molecular flexibility index (Phi) is 7.11. The summed E-state index contributed by atoms with van der Waals surface area (Å²) in [5, 5.41) is 8.31. The fourth-order valence-corrected chi connectivity index (χ4v) is 2.39. The van der Waals surface area contributed by atoms with Gasteiger partial charge < -0.3 is 16.0 Å². The Balaban J connectivity index is 1.93. The van der Waals surface area contributed by atoms with Crippen LogP contribution < -0.4 is 16.0 Å². The van der Waals surface area contributed by atoms with Crippen LogP contribution in [-0.2, 0) is 4.79 Å². The normalized spacial score (nSPS) is 10.4. The Morgan fingerprint density at radius 2 is 1.26 bits per heavy atom. The summed E-state index contributed by atoms with van der Waals surface area (Å²) in [5.74, 6) is -0.0333. The SMILES string of the molecule is CC(=O)Nc1ccc(NC(=O)c2ccc(C(=O)NCCC(C)C)cc2)cc1. The number of benzene rings is 2. The number of hydrogen-bond acceptors (Lipinski definition) is 3. The van der Waals surface area contributed by atoms with Crippen molar-refractivity contribution < 1.29 is 14.4 Å². The summed E-state index contributed by atoms with van der Waals surface area (Å²) in [4.78, 5) is 35.4. The van der Waals surface area contributed by atoms with Gasteiger partial charge in [0.2, 0.25) is 5.91 Å². The van der Waals surface area contributed by atoms with Crippen molar-refractivity contribution >= 4 is 29.1 Å². The fourth-order valence-electron chi connectivity index (χ4n) is 2.39. The van der Waals surface area contributed by atoms with Crippen LogP contribution in [0.1, 0.15) is 47.9 Å². The lowest BCUT2D eigenvalue weighted by Gasteiger charge is -2.09. The number of anilines is 2. The van der Waals surface area contributed by atoms with Gasteiger partial charge in [-0.15, -0.1) is 0 Å². The van der Waals surface area contributed by atoms with E-state index in [0.717, 1.165) is 6.42 Å². The predicted octanol–water partition coefficient (Wildman–Crippen LogP) is 3.67. The Labute approximate surface area is 159 Å². The maximum atomic E-state index is 12.3. The summed E-state index contributed by atoms with van der Waals surface area (Å²) in [6.45, 7) is 6.27. The van der Waals surface area contributed by atoms with E-state index in [1.807, 2.05) is 0 Å². The first-order chi connectivity index (χ1) is 12.8. The standard InChI is InChI=1S/C21H25N3O3/c1-14(2)12-13-22-20(26)16-4-6-17(7-5-16)21(27)24-19-10-8-18(9-11-19)23-15(3)25/h4-11,14H,12-13H2,1-3H3,(H,22,26)(H,23,25)(H,24,27). The molecule has 0 heterocycles. The zero-order valence-electron chi connectivity index (χ0n) is 15.8. The summed E-state index contributed by atoms with van der Waals surface area (Å²) < 4.78 is 0. The van der Waals surface area contributed by atoms with Gasteiger partial charge in [0.15, 0.2) is 0 Å². The Morgan fingerprint density at radius 3 is 1.74 bits per heavy atom. The first-order valence-electron chi connectivity index (χ1n) is 8.92. The lowest BCUT2D eigenvalue weighted by Crippen LogP contribution is -2.25. The van der Waals surface area contributed by atoms with Crippen LogP contribution in [0.25, 0.3) is 0 Å². The van der Waals surface area contributed by atoms with Gasteiger partial charge in [0.25, 0.3) is 11.8 Å². The zero-order valence-corrected chi connectivity index (χ0v) is 15.8. The van der Waals surface area contributed by atoms with Gasteiger partial charge in [-0.2, -0.15) is 0 Å². The number of hydrogen-bond donors (Lipinski definition) is 3. The number of rotatable bonds is 7. The van der Waals surface area contributed by atoms with E-state index in [2.05, 4.69) is 29.8 Å². The highest BCUT2D eigenvalue weighted by Gasteiger charge is 2.09. The molecular weight excluding hydrogens is 342 g/mol. The second-order valence-electron chi connectivity index (χ2n) is 6.73. The average Bonchev–Trinajstić information content (AvgIpc) is 2.62. The van der Waals surface area contributed by atoms with Crippen molar-refractivity contribution in [2.45, 2.75) is 27.2 Å². The van der Waals surface area contributed by atoms with E-state index in [-0.39, 0.29) is 17.7 Å². The topological polar surface area (TPSA) is 87.3 Å². The van der Waals surface area contributed by atoms with Crippen molar-refractivity contribution in [3.63, 3.8) is 0 Å². The molecular formula is C21H25N3O3. The van der Waals surface area contributed by atoms with E-state index >= 15 is 0 Å². The molecule has 0 aliphatic carbocycles. The molecule has 0 radical (unpaired) electrons. The molecule has 0 aromatic heterocycles. The van der Waals surface area contributed by atoms with Gasteiger partial charge in [-0.25, -0.2) is 0 Å². The third-order valence-electron chi connectivity index (χ3n) is 3.88. The predicted molar refractivity (Wildman–Crippen MR) is 107 cm³/mol. The highest BCUT2D eigenvalue weighted by atomic mass is 16.2. The molecule has 2 rings (SSSR count).